The van der Waals surface area contributed by atoms with E-state index in [9.17, 15) is 12.8 Å². The highest BCUT2D eigenvalue weighted by Crippen LogP contribution is 2.31. The molecule has 2 aliphatic carbocycles. The van der Waals surface area contributed by atoms with Gasteiger partial charge in [0.05, 0.1) is 0 Å². The second-order valence-electron chi connectivity index (χ2n) is 5.86. The summed E-state index contributed by atoms with van der Waals surface area (Å²) in [7, 11) is -3.76. The molecule has 0 spiro atoms. The standard InChI is InChI=1S/C14H19FN2O2S/c1-9-6-13(9)17-20(18,19)14-7-10(2-5-12(14)15)8-16-11-3-4-11/h2,5,7,9,11,13,16-17H,3-4,6,8H2,1H3. The summed E-state index contributed by atoms with van der Waals surface area (Å²) in [6, 6.07) is 4.77. The van der Waals surface area contributed by atoms with E-state index in [2.05, 4.69) is 10.0 Å². The van der Waals surface area contributed by atoms with Crippen LogP contribution in [-0.2, 0) is 16.6 Å². The summed E-state index contributed by atoms with van der Waals surface area (Å²) in [4.78, 5) is -0.244. The Morgan fingerprint density at radius 3 is 2.65 bits per heavy atom. The summed E-state index contributed by atoms with van der Waals surface area (Å²) < 4.78 is 40.7. The van der Waals surface area contributed by atoms with Gasteiger partial charge >= 0.3 is 0 Å². The molecule has 2 fully saturated rings. The summed E-state index contributed by atoms with van der Waals surface area (Å²) in [6.45, 7) is 2.55. The van der Waals surface area contributed by atoms with Crippen LogP contribution >= 0.6 is 0 Å². The van der Waals surface area contributed by atoms with Crippen molar-refractivity contribution in [3.05, 3.63) is 29.6 Å². The molecule has 1 aromatic rings. The minimum Gasteiger partial charge on any atom is -0.310 e. The molecule has 4 nitrogen and oxygen atoms in total. The molecule has 1 aromatic carbocycles. The van der Waals surface area contributed by atoms with Crippen LogP contribution in [-0.4, -0.2) is 20.5 Å². The molecule has 6 heteroatoms. The molecule has 2 aliphatic rings. The average Bonchev–Trinajstić information content (AvgIpc) is 3.28. The Balaban J connectivity index is 1.77. The van der Waals surface area contributed by atoms with Gasteiger partial charge in [-0.2, -0.15) is 0 Å². The predicted molar refractivity (Wildman–Crippen MR) is 74.2 cm³/mol. The summed E-state index contributed by atoms with van der Waals surface area (Å²) in [6.07, 6.45) is 3.14. The van der Waals surface area contributed by atoms with E-state index in [1.54, 1.807) is 6.07 Å². The summed E-state index contributed by atoms with van der Waals surface area (Å²) in [5.74, 6) is -0.353. The lowest BCUT2D eigenvalue weighted by Crippen LogP contribution is -2.28. The fraction of sp³-hybridized carbons (Fsp3) is 0.571. The Hall–Kier alpha value is -0.980. The number of rotatable bonds is 6. The lowest BCUT2D eigenvalue weighted by Gasteiger charge is -2.10. The van der Waals surface area contributed by atoms with Gasteiger partial charge in [0.25, 0.3) is 0 Å². The van der Waals surface area contributed by atoms with Crippen LogP contribution in [0.25, 0.3) is 0 Å². The van der Waals surface area contributed by atoms with Crippen LogP contribution in [0.3, 0.4) is 0 Å². The predicted octanol–water partition coefficient (Wildman–Crippen LogP) is 1.76. The van der Waals surface area contributed by atoms with E-state index in [-0.39, 0.29) is 10.9 Å². The van der Waals surface area contributed by atoms with Crippen molar-refractivity contribution in [1.29, 1.82) is 0 Å². The normalized spacial score (nSPS) is 25.7. The third-order valence-electron chi connectivity index (χ3n) is 3.87. The molecular formula is C14H19FN2O2S. The minimum atomic E-state index is -3.76. The van der Waals surface area contributed by atoms with Crippen molar-refractivity contribution < 1.29 is 12.8 Å². The Morgan fingerprint density at radius 1 is 1.35 bits per heavy atom. The molecule has 0 aromatic heterocycles. The topological polar surface area (TPSA) is 58.2 Å². The molecule has 2 unspecified atom stereocenters. The highest BCUT2D eigenvalue weighted by molar-refractivity contribution is 7.89. The van der Waals surface area contributed by atoms with Gasteiger partial charge in [0.1, 0.15) is 10.7 Å². The molecule has 0 heterocycles. The Kier molecular flexibility index (Phi) is 3.56. The van der Waals surface area contributed by atoms with Gasteiger partial charge in [0, 0.05) is 18.6 Å². The van der Waals surface area contributed by atoms with Crippen molar-refractivity contribution in [1.82, 2.24) is 10.0 Å². The van der Waals surface area contributed by atoms with Crippen LogP contribution in [0.15, 0.2) is 23.1 Å². The molecule has 2 saturated carbocycles. The van der Waals surface area contributed by atoms with Crippen LogP contribution in [0.1, 0.15) is 31.7 Å². The van der Waals surface area contributed by atoms with E-state index >= 15 is 0 Å². The molecule has 3 rings (SSSR count). The fourth-order valence-electron chi connectivity index (χ4n) is 2.16. The number of benzene rings is 1. The first kappa shape index (κ1) is 14.0. The number of hydrogen-bond acceptors (Lipinski definition) is 3. The Labute approximate surface area is 118 Å². The van der Waals surface area contributed by atoms with Crippen LogP contribution in [0, 0.1) is 11.7 Å². The van der Waals surface area contributed by atoms with E-state index in [0.717, 1.165) is 24.8 Å². The number of hydrogen-bond donors (Lipinski definition) is 2. The SMILES string of the molecule is CC1CC1NS(=O)(=O)c1cc(CNC2CC2)ccc1F. The first-order valence-electron chi connectivity index (χ1n) is 7.00. The zero-order valence-electron chi connectivity index (χ0n) is 11.4. The minimum absolute atomic E-state index is 0.0485. The van der Waals surface area contributed by atoms with Gasteiger partial charge < -0.3 is 5.32 Å². The van der Waals surface area contributed by atoms with Crippen molar-refractivity contribution >= 4 is 10.0 Å². The van der Waals surface area contributed by atoms with Crippen molar-refractivity contribution in [2.45, 2.75) is 49.7 Å². The Bertz CT molecular complexity index is 614. The van der Waals surface area contributed by atoms with Gasteiger partial charge in [-0.3, -0.25) is 0 Å². The lowest BCUT2D eigenvalue weighted by molar-refractivity contribution is 0.553. The summed E-state index contributed by atoms with van der Waals surface area (Å²) in [5.41, 5.74) is 0.794. The maximum atomic E-state index is 13.8. The second-order valence-corrected chi connectivity index (χ2v) is 7.54. The molecule has 20 heavy (non-hydrogen) atoms. The smallest absolute Gasteiger partial charge is 0.243 e. The molecule has 0 aliphatic heterocycles. The molecule has 110 valence electrons. The number of halogens is 1. The molecule has 2 atom stereocenters. The van der Waals surface area contributed by atoms with E-state index in [0.29, 0.717) is 18.5 Å². The van der Waals surface area contributed by atoms with E-state index in [1.165, 1.54) is 12.1 Å². The van der Waals surface area contributed by atoms with Crippen LogP contribution in [0.5, 0.6) is 0 Å². The number of nitrogens with one attached hydrogen (secondary N) is 2. The molecular weight excluding hydrogens is 279 g/mol. The molecule has 0 saturated heterocycles. The lowest BCUT2D eigenvalue weighted by atomic mass is 10.2. The summed E-state index contributed by atoms with van der Waals surface area (Å²) in [5, 5.41) is 3.29. The maximum Gasteiger partial charge on any atom is 0.243 e. The highest BCUT2D eigenvalue weighted by Gasteiger charge is 2.37. The van der Waals surface area contributed by atoms with Crippen molar-refractivity contribution in [2.24, 2.45) is 5.92 Å². The first-order chi connectivity index (χ1) is 9.45. The fourth-order valence-corrected chi connectivity index (χ4v) is 3.65. The van der Waals surface area contributed by atoms with E-state index in [1.807, 2.05) is 6.92 Å². The maximum absolute atomic E-state index is 13.8. The zero-order chi connectivity index (χ0) is 14.3. The van der Waals surface area contributed by atoms with Crippen LogP contribution in [0.2, 0.25) is 0 Å². The van der Waals surface area contributed by atoms with Gasteiger partial charge in [-0.05, 0) is 42.9 Å². The van der Waals surface area contributed by atoms with E-state index < -0.39 is 15.8 Å². The third kappa shape index (κ3) is 3.19. The molecule has 2 N–H and O–H groups in total. The zero-order valence-corrected chi connectivity index (χ0v) is 12.2. The molecule has 0 amide bonds. The van der Waals surface area contributed by atoms with Gasteiger partial charge in [-0.25, -0.2) is 17.5 Å². The second kappa shape index (κ2) is 5.09. The third-order valence-corrected chi connectivity index (χ3v) is 5.38. The van der Waals surface area contributed by atoms with Crippen LogP contribution < -0.4 is 10.0 Å². The van der Waals surface area contributed by atoms with Crippen molar-refractivity contribution in [3.8, 4) is 0 Å². The van der Waals surface area contributed by atoms with Gasteiger partial charge in [-0.1, -0.05) is 13.0 Å². The van der Waals surface area contributed by atoms with Crippen molar-refractivity contribution in [3.63, 3.8) is 0 Å². The average molecular weight is 298 g/mol. The molecule has 0 radical (unpaired) electrons. The summed E-state index contributed by atoms with van der Waals surface area (Å²) >= 11 is 0. The van der Waals surface area contributed by atoms with Crippen molar-refractivity contribution in [2.75, 3.05) is 0 Å². The Morgan fingerprint density at radius 2 is 2.05 bits per heavy atom. The van der Waals surface area contributed by atoms with Gasteiger partial charge in [0.2, 0.25) is 10.0 Å². The van der Waals surface area contributed by atoms with Crippen LogP contribution in [0.4, 0.5) is 4.39 Å². The quantitative estimate of drug-likeness (QED) is 0.841. The van der Waals surface area contributed by atoms with E-state index in [4.69, 9.17) is 0 Å². The largest absolute Gasteiger partial charge is 0.310 e. The monoisotopic (exact) mass is 298 g/mol. The molecule has 0 bridgehead atoms. The van der Waals surface area contributed by atoms with Gasteiger partial charge in [0.15, 0.2) is 0 Å². The first-order valence-corrected chi connectivity index (χ1v) is 8.48. The highest BCUT2D eigenvalue weighted by atomic mass is 32.2. The number of sulfonamides is 1. The van der Waals surface area contributed by atoms with Gasteiger partial charge in [-0.15, -0.1) is 0 Å².